The van der Waals surface area contributed by atoms with Gasteiger partial charge in [0.2, 0.25) is 0 Å². The Morgan fingerprint density at radius 3 is 1.50 bits per heavy atom. The molecule has 0 fully saturated rings. The molecule has 0 amide bonds. The van der Waals surface area contributed by atoms with Gasteiger partial charge in [-0.15, -0.1) is 30.3 Å². The third kappa shape index (κ3) is 5.59. The molecule has 0 heterocycles. The van der Waals surface area contributed by atoms with Gasteiger partial charge in [0.15, 0.2) is 0 Å². The third-order valence-corrected chi connectivity index (χ3v) is 4.73. The smallest absolute Gasteiger partial charge is 0.00978 e. The molecule has 2 heteroatoms. The van der Waals surface area contributed by atoms with Gasteiger partial charge in [0.1, 0.15) is 0 Å². The Balaban J connectivity index is 2.35. The Hall–Kier alpha value is -0.440. The molecular formula is C14H20P2. The summed E-state index contributed by atoms with van der Waals surface area (Å²) in [4.78, 5) is 0. The molecule has 0 aromatic heterocycles. The summed E-state index contributed by atoms with van der Waals surface area (Å²) >= 11 is 0. The van der Waals surface area contributed by atoms with Gasteiger partial charge in [-0.3, -0.25) is 0 Å². The van der Waals surface area contributed by atoms with Gasteiger partial charge >= 0.3 is 0 Å². The maximum atomic E-state index is 3.75. The summed E-state index contributed by atoms with van der Waals surface area (Å²) in [5, 5.41) is 0. The van der Waals surface area contributed by atoms with Crippen LogP contribution in [0.2, 0.25) is 0 Å². The molecule has 0 nitrogen and oxygen atoms in total. The van der Waals surface area contributed by atoms with E-state index >= 15 is 0 Å². The lowest BCUT2D eigenvalue weighted by Gasteiger charge is -2.03. The van der Waals surface area contributed by atoms with E-state index in [0.717, 1.165) is 29.5 Å². The molecule has 0 aliphatic rings. The average molecular weight is 250 g/mol. The molecule has 2 atom stereocenters. The van der Waals surface area contributed by atoms with Crippen LogP contribution in [0, 0.1) is 0 Å². The van der Waals surface area contributed by atoms with Gasteiger partial charge in [0, 0.05) is 0 Å². The third-order valence-electron chi connectivity index (χ3n) is 2.26. The first-order valence-corrected chi connectivity index (χ1v) is 8.40. The summed E-state index contributed by atoms with van der Waals surface area (Å²) in [5.74, 6) is 0. The van der Waals surface area contributed by atoms with Crippen LogP contribution in [0.1, 0.15) is 11.1 Å². The van der Waals surface area contributed by atoms with Crippen LogP contribution in [0.5, 0.6) is 0 Å². The number of allylic oxidation sites excluding steroid dienone is 2. The summed E-state index contributed by atoms with van der Waals surface area (Å²) in [7, 11) is 1.96. The maximum Gasteiger partial charge on any atom is -0.00978 e. The zero-order chi connectivity index (χ0) is 11.6. The van der Waals surface area contributed by atoms with Crippen molar-refractivity contribution in [2.24, 2.45) is 0 Å². The molecule has 1 aromatic carbocycles. The van der Waals surface area contributed by atoms with E-state index in [9.17, 15) is 0 Å². The Bertz CT molecular complexity index is 281. The van der Waals surface area contributed by atoms with E-state index in [0.29, 0.717) is 0 Å². The molecule has 1 rings (SSSR count). The largest absolute Gasteiger partial charge is 0.114 e. The molecule has 0 N–H and O–H groups in total. The highest BCUT2D eigenvalue weighted by molar-refractivity contribution is 7.37. The van der Waals surface area contributed by atoms with E-state index in [1.54, 1.807) is 0 Å². The highest BCUT2D eigenvalue weighted by Crippen LogP contribution is 2.22. The average Bonchev–Trinajstić information content (AvgIpc) is 2.32. The molecule has 2 unspecified atom stereocenters. The summed E-state index contributed by atoms with van der Waals surface area (Å²) in [6.45, 7) is 7.50. The van der Waals surface area contributed by atoms with Crippen LogP contribution >= 0.6 is 17.2 Å². The molecule has 0 aliphatic carbocycles. The molecule has 16 heavy (non-hydrogen) atoms. The Morgan fingerprint density at radius 1 is 0.812 bits per heavy atom. The minimum atomic E-state index is 0.978. The van der Waals surface area contributed by atoms with E-state index in [1.807, 2.05) is 12.2 Å². The molecule has 0 spiro atoms. The van der Waals surface area contributed by atoms with Crippen LogP contribution in [0.4, 0.5) is 0 Å². The Morgan fingerprint density at radius 2 is 1.19 bits per heavy atom. The predicted octanol–water partition coefficient (Wildman–Crippen LogP) is 4.42. The van der Waals surface area contributed by atoms with Crippen molar-refractivity contribution in [1.82, 2.24) is 0 Å². The van der Waals surface area contributed by atoms with Crippen molar-refractivity contribution in [2.75, 3.05) is 12.3 Å². The molecule has 0 bridgehead atoms. The van der Waals surface area contributed by atoms with Crippen molar-refractivity contribution >= 4 is 17.2 Å². The minimum absolute atomic E-state index is 0.978. The maximum absolute atomic E-state index is 3.75. The first-order chi connectivity index (χ1) is 7.86. The predicted molar refractivity (Wildman–Crippen MR) is 80.6 cm³/mol. The number of rotatable bonds is 8. The van der Waals surface area contributed by atoms with Crippen molar-refractivity contribution in [2.45, 2.75) is 12.3 Å². The lowest BCUT2D eigenvalue weighted by molar-refractivity contribution is 1.33. The topological polar surface area (TPSA) is 0 Å². The SMILES string of the molecule is C=CCPCc1ccc(CPCC=C)cc1. The second kappa shape index (κ2) is 8.68. The van der Waals surface area contributed by atoms with Crippen molar-refractivity contribution in [3.05, 3.63) is 60.7 Å². The zero-order valence-electron chi connectivity index (χ0n) is 9.71. The fraction of sp³-hybridized carbons (Fsp3) is 0.286. The first-order valence-electron chi connectivity index (χ1n) is 5.58. The van der Waals surface area contributed by atoms with Crippen LogP contribution in [0.3, 0.4) is 0 Å². The first kappa shape index (κ1) is 13.6. The minimum Gasteiger partial charge on any atom is -0.114 e. The fourth-order valence-electron chi connectivity index (χ4n) is 1.41. The normalized spacial score (nSPS) is 11.5. The fourth-order valence-corrected chi connectivity index (χ4v) is 3.16. The standard InChI is InChI=1S/C14H20P2/c1-3-9-15-11-13-5-7-14(8-6-13)12-16-10-4-2/h3-8,15-16H,1-2,9-12H2. The molecule has 86 valence electrons. The monoisotopic (exact) mass is 250 g/mol. The van der Waals surface area contributed by atoms with Crippen LogP contribution < -0.4 is 0 Å². The molecule has 0 radical (unpaired) electrons. The van der Waals surface area contributed by atoms with Crippen molar-refractivity contribution in [3.8, 4) is 0 Å². The molecule has 0 aliphatic heterocycles. The lowest BCUT2D eigenvalue weighted by Crippen LogP contribution is -1.83. The number of benzene rings is 1. The molecule has 1 aromatic rings. The van der Waals surface area contributed by atoms with Crippen molar-refractivity contribution in [3.63, 3.8) is 0 Å². The van der Waals surface area contributed by atoms with Crippen molar-refractivity contribution in [1.29, 1.82) is 0 Å². The molecular weight excluding hydrogens is 230 g/mol. The number of hydrogen-bond acceptors (Lipinski definition) is 0. The molecule has 0 saturated carbocycles. The molecule has 0 saturated heterocycles. The summed E-state index contributed by atoms with van der Waals surface area (Å²) in [5.41, 5.74) is 2.91. The van der Waals surface area contributed by atoms with Crippen LogP contribution in [-0.4, -0.2) is 12.3 Å². The van der Waals surface area contributed by atoms with Crippen LogP contribution in [0.15, 0.2) is 49.6 Å². The Kier molecular flexibility index (Phi) is 7.39. The highest BCUT2D eigenvalue weighted by Gasteiger charge is 1.94. The summed E-state index contributed by atoms with van der Waals surface area (Å²) in [6, 6.07) is 9.07. The van der Waals surface area contributed by atoms with E-state index in [2.05, 4.69) is 37.4 Å². The highest BCUT2D eigenvalue weighted by atomic mass is 31.1. The van der Waals surface area contributed by atoms with Gasteiger partial charge in [0.05, 0.1) is 0 Å². The van der Waals surface area contributed by atoms with Gasteiger partial charge < -0.3 is 0 Å². The van der Waals surface area contributed by atoms with Gasteiger partial charge in [0.25, 0.3) is 0 Å². The Labute approximate surface area is 103 Å². The van der Waals surface area contributed by atoms with Gasteiger partial charge in [-0.2, -0.15) is 0 Å². The van der Waals surface area contributed by atoms with E-state index in [4.69, 9.17) is 0 Å². The second-order valence-corrected chi connectivity index (χ2v) is 6.18. The van der Waals surface area contributed by atoms with Crippen molar-refractivity contribution < 1.29 is 0 Å². The van der Waals surface area contributed by atoms with E-state index in [1.165, 1.54) is 23.5 Å². The quantitative estimate of drug-likeness (QED) is 0.364. The van der Waals surface area contributed by atoms with E-state index in [-0.39, 0.29) is 0 Å². The summed E-state index contributed by atoms with van der Waals surface area (Å²) < 4.78 is 0. The van der Waals surface area contributed by atoms with Gasteiger partial charge in [-0.1, -0.05) is 36.4 Å². The second-order valence-electron chi connectivity index (χ2n) is 3.66. The van der Waals surface area contributed by atoms with Crippen LogP contribution in [0.25, 0.3) is 0 Å². The van der Waals surface area contributed by atoms with E-state index < -0.39 is 0 Å². The zero-order valence-corrected chi connectivity index (χ0v) is 11.7. The van der Waals surface area contributed by atoms with Gasteiger partial charge in [-0.05, 0) is 35.8 Å². The van der Waals surface area contributed by atoms with Gasteiger partial charge in [-0.25, -0.2) is 0 Å². The summed E-state index contributed by atoms with van der Waals surface area (Å²) in [6.07, 6.45) is 8.68. The number of hydrogen-bond donors (Lipinski definition) is 0. The van der Waals surface area contributed by atoms with Crippen LogP contribution in [-0.2, 0) is 12.3 Å². The lowest BCUT2D eigenvalue weighted by atomic mass is 10.2.